The average molecular weight is 213 g/mol. The third-order valence-electron chi connectivity index (χ3n) is 3.88. The van der Waals surface area contributed by atoms with Crippen molar-refractivity contribution in [2.24, 2.45) is 11.3 Å². The van der Waals surface area contributed by atoms with Crippen molar-refractivity contribution in [3.05, 3.63) is 0 Å². The van der Waals surface area contributed by atoms with Gasteiger partial charge in [-0.3, -0.25) is 5.32 Å². The smallest absolute Gasteiger partial charge is 0.0679 e. The first-order valence-electron chi connectivity index (χ1n) is 5.89. The van der Waals surface area contributed by atoms with Gasteiger partial charge in [0.15, 0.2) is 0 Å². The maximum Gasteiger partial charge on any atom is 0.0679 e. The Balaban J connectivity index is 2.11. The van der Waals surface area contributed by atoms with Gasteiger partial charge in [0, 0.05) is 11.8 Å². The maximum atomic E-state index is 3.88. The molecule has 2 rings (SSSR count). The van der Waals surface area contributed by atoms with Gasteiger partial charge in [-0.25, -0.2) is 0 Å². The predicted molar refractivity (Wildman–Crippen MR) is 64.6 cm³/mol. The Kier molecular flexibility index (Phi) is 2.64. The molecular weight excluding hydrogens is 190 g/mol. The molecule has 1 heterocycles. The van der Waals surface area contributed by atoms with Crippen molar-refractivity contribution in [3.63, 3.8) is 0 Å². The van der Waals surface area contributed by atoms with Crippen molar-refractivity contribution >= 4 is 11.8 Å². The summed E-state index contributed by atoms with van der Waals surface area (Å²) in [5.74, 6) is 2.15. The number of hydrogen-bond donors (Lipinski definition) is 1. The molecule has 1 aliphatic heterocycles. The zero-order valence-corrected chi connectivity index (χ0v) is 10.7. The van der Waals surface area contributed by atoms with Gasteiger partial charge in [-0.05, 0) is 30.6 Å². The summed E-state index contributed by atoms with van der Waals surface area (Å²) in [5.41, 5.74) is 0.544. The lowest BCUT2D eigenvalue weighted by atomic mass is 9.91. The van der Waals surface area contributed by atoms with Gasteiger partial charge in [-0.2, -0.15) is 0 Å². The summed E-state index contributed by atoms with van der Waals surface area (Å²) < 4.78 is 0. The molecule has 2 fully saturated rings. The third kappa shape index (κ3) is 1.71. The van der Waals surface area contributed by atoms with Crippen molar-refractivity contribution in [2.75, 3.05) is 5.75 Å². The van der Waals surface area contributed by atoms with Crippen LogP contribution in [-0.2, 0) is 0 Å². The van der Waals surface area contributed by atoms with E-state index < -0.39 is 0 Å². The summed E-state index contributed by atoms with van der Waals surface area (Å²) in [6, 6.07) is 0.761. The quantitative estimate of drug-likeness (QED) is 0.717. The zero-order valence-electron chi connectivity index (χ0n) is 9.89. The molecule has 1 saturated heterocycles. The SMILES string of the molecule is CCC1CSC2(CC(C)(C)CC2C)N1. The molecule has 2 heteroatoms. The van der Waals surface area contributed by atoms with Crippen molar-refractivity contribution in [2.45, 2.75) is 57.9 Å². The lowest BCUT2D eigenvalue weighted by Crippen LogP contribution is -2.43. The van der Waals surface area contributed by atoms with E-state index >= 15 is 0 Å². The summed E-state index contributed by atoms with van der Waals surface area (Å²) in [5, 5.41) is 3.88. The van der Waals surface area contributed by atoms with Crippen molar-refractivity contribution in [3.8, 4) is 0 Å². The fourth-order valence-electron chi connectivity index (χ4n) is 3.24. The first-order chi connectivity index (χ1) is 6.47. The van der Waals surface area contributed by atoms with E-state index in [0.29, 0.717) is 10.3 Å². The fraction of sp³-hybridized carbons (Fsp3) is 1.00. The van der Waals surface area contributed by atoms with Gasteiger partial charge in [-0.1, -0.05) is 27.7 Å². The standard InChI is InChI=1S/C12H23NS/c1-5-10-7-14-12(13-10)8-11(3,4)6-9(12)2/h9-10,13H,5-8H2,1-4H3. The van der Waals surface area contributed by atoms with Crippen LogP contribution in [-0.4, -0.2) is 16.7 Å². The van der Waals surface area contributed by atoms with E-state index in [0.717, 1.165) is 12.0 Å². The van der Waals surface area contributed by atoms with Crippen LogP contribution >= 0.6 is 11.8 Å². The number of thioether (sulfide) groups is 1. The second-order valence-electron chi connectivity index (χ2n) is 5.90. The highest BCUT2D eigenvalue weighted by Crippen LogP contribution is 2.55. The normalized spacial score (nSPS) is 46.3. The highest BCUT2D eigenvalue weighted by Gasteiger charge is 2.52. The monoisotopic (exact) mass is 213 g/mol. The van der Waals surface area contributed by atoms with Crippen LogP contribution in [0.15, 0.2) is 0 Å². The Hall–Kier alpha value is 0.310. The Morgan fingerprint density at radius 3 is 2.57 bits per heavy atom. The Morgan fingerprint density at radius 2 is 2.14 bits per heavy atom. The molecule has 1 N–H and O–H groups in total. The van der Waals surface area contributed by atoms with E-state index in [-0.39, 0.29) is 0 Å². The van der Waals surface area contributed by atoms with Crippen LogP contribution in [0.25, 0.3) is 0 Å². The van der Waals surface area contributed by atoms with Gasteiger partial charge >= 0.3 is 0 Å². The molecule has 0 amide bonds. The molecule has 3 atom stereocenters. The van der Waals surface area contributed by atoms with Crippen molar-refractivity contribution in [1.82, 2.24) is 5.32 Å². The van der Waals surface area contributed by atoms with Crippen LogP contribution in [0.5, 0.6) is 0 Å². The molecule has 14 heavy (non-hydrogen) atoms. The predicted octanol–water partition coefficient (Wildman–Crippen LogP) is 3.25. The topological polar surface area (TPSA) is 12.0 Å². The van der Waals surface area contributed by atoms with E-state index in [2.05, 4.69) is 44.8 Å². The fourth-order valence-corrected chi connectivity index (χ4v) is 5.16. The average Bonchev–Trinajstić information content (AvgIpc) is 2.56. The van der Waals surface area contributed by atoms with Crippen LogP contribution in [0.2, 0.25) is 0 Å². The molecule has 1 spiro atoms. The van der Waals surface area contributed by atoms with E-state index in [4.69, 9.17) is 0 Å². The van der Waals surface area contributed by atoms with Gasteiger partial charge in [0.2, 0.25) is 0 Å². The van der Waals surface area contributed by atoms with E-state index in [1.165, 1.54) is 25.0 Å². The second kappa shape index (κ2) is 3.41. The molecule has 0 bridgehead atoms. The molecule has 0 aromatic carbocycles. The molecule has 0 radical (unpaired) electrons. The summed E-state index contributed by atoms with van der Waals surface area (Å²) in [6.07, 6.45) is 4.01. The number of nitrogens with one attached hydrogen (secondary N) is 1. The lowest BCUT2D eigenvalue weighted by molar-refractivity contribution is 0.345. The van der Waals surface area contributed by atoms with Crippen molar-refractivity contribution < 1.29 is 0 Å². The molecule has 1 aliphatic carbocycles. The first-order valence-corrected chi connectivity index (χ1v) is 6.88. The van der Waals surface area contributed by atoms with E-state index in [1.54, 1.807) is 0 Å². The van der Waals surface area contributed by atoms with Gasteiger partial charge < -0.3 is 0 Å². The largest absolute Gasteiger partial charge is 0.299 e. The number of rotatable bonds is 1. The van der Waals surface area contributed by atoms with Crippen LogP contribution in [0.4, 0.5) is 0 Å². The molecular formula is C12H23NS. The first kappa shape index (κ1) is 10.8. The van der Waals surface area contributed by atoms with Gasteiger partial charge in [0.05, 0.1) is 4.87 Å². The minimum absolute atomic E-state index is 0.421. The van der Waals surface area contributed by atoms with Gasteiger partial charge in [0.25, 0.3) is 0 Å². The van der Waals surface area contributed by atoms with E-state index in [1.807, 2.05) is 0 Å². The molecule has 82 valence electrons. The van der Waals surface area contributed by atoms with Crippen LogP contribution in [0.3, 0.4) is 0 Å². The summed E-state index contributed by atoms with van der Waals surface area (Å²) >= 11 is 2.18. The minimum atomic E-state index is 0.421. The summed E-state index contributed by atoms with van der Waals surface area (Å²) in [6.45, 7) is 9.55. The zero-order chi connectivity index (χ0) is 10.4. The Morgan fingerprint density at radius 1 is 1.43 bits per heavy atom. The van der Waals surface area contributed by atoms with Gasteiger partial charge in [-0.15, -0.1) is 11.8 Å². The molecule has 0 aromatic rings. The second-order valence-corrected chi connectivity index (χ2v) is 7.25. The molecule has 0 aromatic heterocycles. The minimum Gasteiger partial charge on any atom is -0.299 e. The number of hydrogen-bond acceptors (Lipinski definition) is 2. The van der Waals surface area contributed by atoms with Crippen molar-refractivity contribution in [1.29, 1.82) is 0 Å². The highest BCUT2D eigenvalue weighted by atomic mass is 32.2. The van der Waals surface area contributed by atoms with E-state index in [9.17, 15) is 0 Å². The van der Waals surface area contributed by atoms with Crippen LogP contribution < -0.4 is 5.32 Å². The van der Waals surface area contributed by atoms with Crippen LogP contribution in [0.1, 0.15) is 47.0 Å². The molecule has 1 nitrogen and oxygen atoms in total. The third-order valence-corrected chi connectivity index (χ3v) is 5.63. The highest BCUT2D eigenvalue weighted by molar-refractivity contribution is 8.00. The molecule has 3 unspecified atom stereocenters. The molecule has 1 saturated carbocycles. The summed E-state index contributed by atoms with van der Waals surface area (Å²) in [4.78, 5) is 0.421. The Labute approximate surface area is 92.4 Å². The summed E-state index contributed by atoms with van der Waals surface area (Å²) in [7, 11) is 0. The van der Waals surface area contributed by atoms with Gasteiger partial charge in [0.1, 0.15) is 0 Å². The lowest BCUT2D eigenvalue weighted by Gasteiger charge is -2.30. The van der Waals surface area contributed by atoms with Crippen LogP contribution in [0, 0.1) is 11.3 Å². The molecule has 2 aliphatic rings. The maximum absolute atomic E-state index is 3.88. The Bertz CT molecular complexity index is 226.